The maximum Gasteiger partial charge on any atom is 0.219 e. The van der Waals surface area contributed by atoms with E-state index < -0.39 is 0 Å². The summed E-state index contributed by atoms with van der Waals surface area (Å²) in [5, 5.41) is 1.15. The first kappa shape index (κ1) is 11.0. The Morgan fingerprint density at radius 2 is 2.33 bits per heavy atom. The zero-order valence-corrected chi connectivity index (χ0v) is 10.3. The zero-order valence-electron chi connectivity index (χ0n) is 10.3. The molecule has 4 nitrogen and oxygen atoms in total. The SMILES string of the molecule is CC(=O)N1CC=C(c2ccnc3[nH]ccc23)CC1. The zero-order chi connectivity index (χ0) is 12.5. The number of carbonyl (C=O) groups is 1. The summed E-state index contributed by atoms with van der Waals surface area (Å²) in [6.07, 6.45) is 6.79. The molecule has 0 atom stereocenters. The average Bonchev–Trinajstić information content (AvgIpc) is 2.87. The smallest absolute Gasteiger partial charge is 0.219 e. The largest absolute Gasteiger partial charge is 0.346 e. The van der Waals surface area contributed by atoms with Crippen molar-refractivity contribution < 1.29 is 4.79 Å². The van der Waals surface area contributed by atoms with Gasteiger partial charge in [-0.25, -0.2) is 4.98 Å². The summed E-state index contributed by atoms with van der Waals surface area (Å²) in [5.74, 6) is 0.145. The summed E-state index contributed by atoms with van der Waals surface area (Å²) in [4.78, 5) is 20.6. The topological polar surface area (TPSA) is 49.0 Å². The lowest BCUT2D eigenvalue weighted by Gasteiger charge is -2.25. The molecule has 0 fully saturated rings. The van der Waals surface area contributed by atoms with Crippen LogP contribution in [0.25, 0.3) is 16.6 Å². The average molecular weight is 241 g/mol. The molecule has 2 aromatic rings. The number of fused-ring (bicyclic) bond motifs is 1. The molecule has 1 N–H and O–H groups in total. The van der Waals surface area contributed by atoms with Gasteiger partial charge in [0.1, 0.15) is 5.65 Å². The lowest BCUT2D eigenvalue weighted by molar-refractivity contribution is -0.128. The summed E-state index contributed by atoms with van der Waals surface area (Å²) in [5.41, 5.74) is 3.45. The third kappa shape index (κ3) is 1.79. The third-order valence-corrected chi connectivity index (χ3v) is 3.46. The second kappa shape index (κ2) is 4.29. The predicted molar refractivity (Wildman–Crippen MR) is 70.9 cm³/mol. The van der Waals surface area contributed by atoms with E-state index in [4.69, 9.17) is 0 Å². The predicted octanol–water partition coefficient (Wildman–Crippen LogP) is 2.20. The molecular formula is C14H15N3O. The van der Waals surface area contributed by atoms with Gasteiger partial charge in [0.05, 0.1) is 0 Å². The number of hydrogen-bond acceptors (Lipinski definition) is 2. The minimum absolute atomic E-state index is 0.145. The molecule has 3 rings (SSSR count). The van der Waals surface area contributed by atoms with E-state index in [9.17, 15) is 4.79 Å². The van der Waals surface area contributed by atoms with Crippen LogP contribution in [0.3, 0.4) is 0 Å². The van der Waals surface area contributed by atoms with Gasteiger partial charge < -0.3 is 9.88 Å². The van der Waals surface area contributed by atoms with E-state index in [2.05, 4.69) is 22.1 Å². The molecular weight excluding hydrogens is 226 g/mol. The number of carbonyl (C=O) groups excluding carboxylic acids is 1. The molecule has 18 heavy (non-hydrogen) atoms. The van der Waals surface area contributed by atoms with E-state index >= 15 is 0 Å². The molecule has 0 unspecified atom stereocenters. The Morgan fingerprint density at radius 3 is 3.06 bits per heavy atom. The molecule has 2 aromatic heterocycles. The fourth-order valence-corrected chi connectivity index (χ4v) is 2.44. The number of hydrogen-bond donors (Lipinski definition) is 1. The van der Waals surface area contributed by atoms with Gasteiger partial charge in [-0.3, -0.25) is 4.79 Å². The molecule has 0 bridgehead atoms. The molecule has 1 amide bonds. The fraction of sp³-hybridized carbons (Fsp3) is 0.286. The van der Waals surface area contributed by atoms with Gasteiger partial charge in [-0.05, 0) is 29.7 Å². The highest BCUT2D eigenvalue weighted by Gasteiger charge is 2.16. The second-order valence-electron chi connectivity index (χ2n) is 4.54. The van der Waals surface area contributed by atoms with Crippen LogP contribution in [0, 0.1) is 0 Å². The van der Waals surface area contributed by atoms with E-state index in [1.165, 1.54) is 11.1 Å². The maximum absolute atomic E-state index is 11.3. The van der Waals surface area contributed by atoms with Crippen molar-refractivity contribution in [3.8, 4) is 0 Å². The molecule has 1 aliphatic heterocycles. The molecule has 0 aromatic carbocycles. The minimum Gasteiger partial charge on any atom is -0.346 e. The van der Waals surface area contributed by atoms with Gasteiger partial charge in [0, 0.05) is 37.8 Å². The molecule has 1 aliphatic rings. The van der Waals surface area contributed by atoms with Crippen molar-refractivity contribution >= 4 is 22.5 Å². The molecule has 0 radical (unpaired) electrons. The van der Waals surface area contributed by atoms with Crippen molar-refractivity contribution in [2.75, 3.05) is 13.1 Å². The maximum atomic E-state index is 11.3. The number of aromatic nitrogens is 2. The van der Waals surface area contributed by atoms with Gasteiger partial charge in [-0.1, -0.05) is 6.08 Å². The van der Waals surface area contributed by atoms with Crippen molar-refractivity contribution in [3.63, 3.8) is 0 Å². The summed E-state index contributed by atoms with van der Waals surface area (Å²) >= 11 is 0. The molecule has 92 valence electrons. The quantitative estimate of drug-likeness (QED) is 0.832. The Morgan fingerprint density at radius 1 is 1.44 bits per heavy atom. The van der Waals surface area contributed by atoms with Gasteiger partial charge in [-0.2, -0.15) is 0 Å². The van der Waals surface area contributed by atoms with E-state index in [-0.39, 0.29) is 5.91 Å². The first-order chi connectivity index (χ1) is 8.75. The first-order valence-electron chi connectivity index (χ1n) is 6.13. The van der Waals surface area contributed by atoms with Crippen LogP contribution in [0.5, 0.6) is 0 Å². The summed E-state index contributed by atoms with van der Waals surface area (Å²) in [7, 11) is 0. The van der Waals surface area contributed by atoms with Crippen molar-refractivity contribution in [2.24, 2.45) is 0 Å². The van der Waals surface area contributed by atoms with Crippen molar-refractivity contribution in [2.45, 2.75) is 13.3 Å². The Bertz CT molecular complexity index is 627. The van der Waals surface area contributed by atoms with Crippen LogP contribution in [0.4, 0.5) is 0 Å². The number of aromatic amines is 1. The van der Waals surface area contributed by atoms with E-state index in [1.807, 2.05) is 23.4 Å². The summed E-state index contributed by atoms with van der Waals surface area (Å²) < 4.78 is 0. The lowest BCUT2D eigenvalue weighted by atomic mass is 9.98. The van der Waals surface area contributed by atoms with E-state index in [0.29, 0.717) is 6.54 Å². The molecule has 0 aliphatic carbocycles. The Hall–Kier alpha value is -2.10. The number of rotatable bonds is 1. The Labute approximate surface area is 105 Å². The number of nitrogens with zero attached hydrogens (tertiary/aromatic N) is 2. The first-order valence-corrected chi connectivity index (χ1v) is 6.13. The Kier molecular flexibility index (Phi) is 2.63. The van der Waals surface area contributed by atoms with Crippen LogP contribution in [-0.2, 0) is 4.79 Å². The van der Waals surface area contributed by atoms with Crippen LogP contribution >= 0.6 is 0 Å². The number of amides is 1. The number of H-pyrrole nitrogens is 1. The lowest BCUT2D eigenvalue weighted by Crippen LogP contribution is -2.32. The van der Waals surface area contributed by atoms with Crippen LogP contribution < -0.4 is 0 Å². The monoisotopic (exact) mass is 241 g/mol. The van der Waals surface area contributed by atoms with Crippen molar-refractivity contribution in [1.29, 1.82) is 0 Å². The van der Waals surface area contributed by atoms with Gasteiger partial charge >= 0.3 is 0 Å². The number of pyridine rings is 1. The highest BCUT2D eigenvalue weighted by Crippen LogP contribution is 2.27. The number of nitrogens with one attached hydrogen (secondary N) is 1. The summed E-state index contributed by atoms with van der Waals surface area (Å²) in [6, 6.07) is 4.10. The highest BCUT2D eigenvalue weighted by atomic mass is 16.2. The van der Waals surface area contributed by atoms with E-state index in [1.54, 1.807) is 6.92 Å². The summed E-state index contributed by atoms with van der Waals surface area (Å²) in [6.45, 7) is 3.13. The third-order valence-electron chi connectivity index (χ3n) is 3.46. The molecule has 4 heteroatoms. The minimum atomic E-state index is 0.145. The Balaban J connectivity index is 1.96. The second-order valence-corrected chi connectivity index (χ2v) is 4.54. The normalized spacial score (nSPS) is 15.8. The molecule has 0 spiro atoms. The van der Waals surface area contributed by atoms with Gasteiger partial charge in [0.15, 0.2) is 0 Å². The molecule has 3 heterocycles. The van der Waals surface area contributed by atoms with E-state index in [0.717, 1.165) is 24.0 Å². The molecule has 0 saturated carbocycles. The van der Waals surface area contributed by atoms with Gasteiger partial charge in [-0.15, -0.1) is 0 Å². The van der Waals surface area contributed by atoms with Gasteiger partial charge in [0.25, 0.3) is 0 Å². The molecule has 0 saturated heterocycles. The van der Waals surface area contributed by atoms with Crippen LogP contribution in [0.1, 0.15) is 18.9 Å². The van der Waals surface area contributed by atoms with Crippen molar-refractivity contribution in [1.82, 2.24) is 14.9 Å². The fourth-order valence-electron chi connectivity index (χ4n) is 2.44. The standard InChI is InChI=1S/C14H15N3O/c1-10(18)17-8-4-11(5-9-17)12-2-6-15-14-13(12)3-7-16-14/h2-4,6-7H,5,8-9H2,1H3,(H,15,16). The van der Waals surface area contributed by atoms with Crippen molar-refractivity contribution in [3.05, 3.63) is 36.2 Å². The van der Waals surface area contributed by atoms with Crippen LogP contribution in [0.15, 0.2) is 30.6 Å². The highest BCUT2D eigenvalue weighted by molar-refractivity contribution is 5.90. The van der Waals surface area contributed by atoms with Crippen LogP contribution in [-0.4, -0.2) is 33.9 Å². The van der Waals surface area contributed by atoms with Gasteiger partial charge in [0.2, 0.25) is 5.91 Å². The van der Waals surface area contributed by atoms with Crippen LogP contribution in [0.2, 0.25) is 0 Å².